The van der Waals surface area contributed by atoms with Gasteiger partial charge in [0.1, 0.15) is 5.82 Å². The number of halogens is 3. The van der Waals surface area contributed by atoms with Crippen molar-refractivity contribution in [2.45, 2.75) is 64.2 Å². The Morgan fingerprint density at radius 3 is 2.44 bits per heavy atom. The lowest BCUT2D eigenvalue weighted by molar-refractivity contribution is 0.115. The number of benzene rings is 2. The van der Waals surface area contributed by atoms with Crippen molar-refractivity contribution >= 4 is 0 Å². The van der Waals surface area contributed by atoms with Gasteiger partial charge in [0.2, 0.25) is 0 Å². The minimum atomic E-state index is -0.949. The lowest BCUT2D eigenvalue weighted by Crippen LogP contribution is -2.30. The van der Waals surface area contributed by atoms with Gasteiger partial charge in [-0.25, -0.2) is 13.2 Å². The van der Waals surface area contributed by atoms with E-state index in [2.05, 4.69) is 30.9 Å². The van der Waals surface area contributed by atoms with E-state index in [4.69, 9.17) is 0 Å². The van der Waals surface area contributed by atoms with Gasteiger partial charge >= 0.3 is 0 Å². The Bertz CT molecular complexity index is 1030. The van der Waals surface area contributed by atoms with Gasteiger partial charge in [-0.3, -0.25) is 0 Å². The summed E-state index contributed by atoms with van der Waals surface area (Å²) in [6, 6.07) is 8.80. The van der Waals surface area contributed by atoms with E-state index in [1.54, 1.807) is 12.1 Å². The third-order valence-electron chi connectivity index (χ3n) is 7.42. The van der Waals surface area contributed by atoms with Crippen LogP contribution >= 0.6 is 0 Å². The fraction of sp³-hybridized carbons (Fsp3) is 0.448. The molecule has 0 radical (unpaired) electrons. The van der Waals surface area contributed by atoms with Crippen LogP contribution < -0.4 is 0 Å². The highest BCUT2D eigenvalue weighted by molar-refractivity contribution is 5.44. The fourth-order valence-electron chi connectivity index (χ4n) is 5.65. The minimum absolute atomic E-state index is 0.286. The lowest BCUT2D eigenvalue weighted by atomic mass is 9.63. The largest absolute Gasteiger partial charge is 0.206 e. The maximum absolute atomic E-state index is 14.7. The van der Waals surface area contributed by atoms with E-state index in [0.717, 1.165) is 48.3 Å². The van der Waals surface area contributed by atoms with Crippen molar-refractivity contribution in [1.82, 2.24) is 0 Å². The Morgan fingerprint density at radius 1 is 0.844 bits per heavy atom. The third kappa shape index (κ3) is 5.47. The quantitative estimate of drug-likeness (QED) is 0.335. The highest BCUT2D eigenvalue weighted by Crippen LogP contribution is 2.48. The molecule has 4 unspecified atom stereocenters. The molecule has 0 bridgehead atoms. The van der Waals surface area contributed by atoms with Crippen molar-refractivity contribution in [3.63, 3.8) is 0 Å². The van der Waals surface area contributed by atoms with Crippen molar-refractivity contribution in [2.75, 3.05) is 0 Å². The van der Waals surface area contributed by atoms with E-state index in [9.17, 15) is 13.2 Å². The molecular formula is C29H31F3. The van der Waals surface area contributed by atoms with Gasteiger partial charge in [0.05, 0.1) is 5.56 Å². The van der Waals surface area contributed by atoms with Crippen LogP contribution in [0.25, 0.3) is 0 Å². The summed E-state index contributed by atoms with van der Waals surface area (Å²) < 4.78 is 41.1. The molecule has 3 heteroatoms. The number of fused-ring (bicyclic) bond motifs is 1. The summed E-state index contributed by atoms with van der Waals surface area (Å²) in [5, 5.41) is 0. The average Bonchev–Trinajstić information content (AvgIpc) is 2.80. The molecule has 2 aliphatic carbocycles. The first kappa shape index (κ1) is 22.7. The second kappa shape index (κ2) is 10.4. The Balaban J connectivity index is 1.38. The zero-order valence-electron chi connectivity index (χ0n) is 18.7. The molecule has 0 saturated heterocycles. The first-order valence-corrected chi connectivity index (χ1v) is 11.9. The van der Waals surface area contributed by atoms with Crippen LogP contribution in [0.3, 0.4) is 0 Å². The summed E-state index contributed by atoms with van der Waals surface area (Å²) in [6.07, 6.45) is 14.5. The summed E-state index contributed by atoms with van der Waals surface area (Å²) in [7, 11) is 0. The maximum Gasteiger partial charge on any atom is 0.160 e. The number of hydrogen-bond donors (Lipinski definition) is 0. The summed E-state index contributed by atoms with van der Waals surface area (Å²) in [5.41, 5.74) is 1.68. The van der Waals surface area contributed by atoms with Crippen LogP contribution in [0.4, 0.5) is 13.2 Å². The molecule has 2 aromatic rings. The van der Waals surface area contributed by atoms with E-state index in [0.29, 0.717) is 11.5 Å². The smallest absolute Gasteiger partial charge is 0.160 e. The molecule has 4 rings (SSSR count). The molecule has 168 valence electrons. The zero-order valence-corrected chi connectivity index (χ0v) is 18.7. The minimum Gasteiger partial charge on any atom is -0.206 e. The predicted molar refractivity (Wildman–Crippen MR) is 124 cm³/mol. The van der Waals surface area contributed by atoms with Crippen molar-refractivity contribution < 1.29 is 13.2 Å². The fourth-order valence-corrected chi connectivity index (χ4v) is 5.65. The van der Waals surface area contributed by atoms with Crippen molar-refractivity contribution in [3.05, 3.63) is 82.7 Å². The van der Waals surface area contributed by atoms with Gasteiger partial charge in [-0.1, -0.05) is 36.5 Å². The van der Waals surface area contributed by atoms with Crippen molar-refractivity contribution in [3.8, 4) is 11.8 Å². The normalized spacial score (nSPS) is 25.2. The van der Waals surface area contributed by atoms with Gasteiger partial charge in [0, 0.05) is 5.56 Å². The highest BCUT2D eigenvalue weighted by atomic mass is 19.2. The Morgan fingerprint density at radius 2 is 1.66 bits per heavy atom. The molecule has 4 atom stereocenters. The third-order valence-corrected chi connectivity index (χ3v) is 7.42. The molecule has 0 aliphatic heterocycles. The Hall–Kier alpha value is -2.47. The van der Waals surface area contributed by atoms with Gasteiger partial charge < -0.3 is 0 Å². The van der Waals surface area contributed by atoms with Crippen molar-refractivity contribution in [1.29, 1.82) is 0 Å². The molecule has 0 amide bonds. The zero-order chi connectivity index (χ0) is 22.5. The first-order chi connectivity index (χ1) is 15.5. The topological polar surface area (TPSA) is 0 Å². The predicted octanol–water partition coefficient (Wildman–Crippen LogP) is 8.16. The SMILES string of the molecule is C/C=C/CCC1CCC2CC(c3ccc(C#Cc4ccc(F)c(F)c4)c(F)c3)CCC2C1. The first-order valence-electron chi connectivity index (χ1n) is 11.9. The Kier molecular flexibility index (Phi) is 7.40. The molecule has 2 fully saturated rings. The Labute approximate surface area is 189 Å². The van der Waals surface area contributed by atoms with Crippen LogP contribution in [0.2, 0.25) is 0 Å². The van der Waals surface area contributed by atoms with E-state index in [1.165, 1.54) is 44.6 Å². The molecule has 2 aliphatic rings. The monoisotopic (exact) mass is 436 g/mol. The highest BCUT2D eigenvalue weighted by Gasteiger charge is 2.35. The number of allylic oxidation sites excluding steroid dienone is 2. The van der Waals surface area contributed by atoms with Gasteiger partial charge in [-0.2, -0.15) is 0 Å². The van der Waals surface area contributed by atoms with Crippen LogP contribution in [0, 0.1) is 47.0 Å². The van der Waals surface area contributed by atoms with E-state index < -0.39 is 11.6 Å². The number of rotatable bonds is 4. The van der Waals surface area contributed by atoms with Crippen LogP contribution in [0.1, 0.15) is 80.9 Å². The molecule has 0 nitrogen and oxygen atoms in total. The molecule has 0 aromatic heterocycles. The van der Waals surface area contributed by atoms with E-state index in [-0.39, 0.29) is 11.4 Å². The van der Waals surface area contributed by atoms with E-state index in [1.807, 2.05) is 6.07 Å². The molecule has 0 heterocycles. The lowest BCUT2D eigenvalue weighted by Gasteiger charge is -2.42. The van der Waals surface area contributed by atoms with E-state index >= 15 is 0 Å². The summed E-state index contributed by atoms with van der Waals surface area (Å²) in [5.74, 6) is 6.17. The maximum atomic E-state index is 14.7. The van der Waals surface area contributed by atoms with Gasteiger partial charge in [-0.05, 0) is 111 Å². The summed E-state index contributed by atoms with van der Waals surface area (Å²) in [4.78, 5) is 0. The molecule has 2 aromatic carbocycles. The van der Waals surface area contributed by atoms with Gasteiger partial charge in [0.15, 0.2) is 11.6 Å². The van der Waals surface area contributed by atoms with Crippen LogP contribution in [-0.4, -0.2) is 0 Å². The summed E-state index contributed by atoms with van der Waals surface area (Å²) in [6.45, 7) is 2.09. The van der Waals surface area contributed by atoms with Crippen molar-refractivity contribution in [2.24, 2.45) is 17.8 Å². The second-order valence-corrected chi connectivity index (χ2v) is 9.47. The average molecular weight is 437 g/mol. The summed E-state index contributed by atoms with van der Waals surface area (Å²) >= 11 is 0. The molecular weight excluding hydrogens is 405 g/mol. The molecule has 0 spiro atoms. The second-order valence-electron chi connectivity index (χ2n) is 9.47. The van der Waals surface area contributed by atoms with Gasteiger partial charge in [0.25, 0.3) is 0 Å². The molecule has 2 saturated carbocycles. The number of hydrogen-bond acceptors (Lipinski definition) is 0. The standard InChI is InChI=1S/C29H31F3/c1-2-3-4-5-20-7-10-24-18-25(14-13-23(24)16-20)26-12-11-22(28(31)19-26)9-6-21-8-15-27(30)29(32)17-21/h2-3,8,11-12,15,17,19-20,23-25H,4-5,7,10,13-14,16,18H2,1H3/b3-2+. The van der Waals surface area contributed by atoms with Crippen LogP contribution in [0.5, 0.6) is 0 Å². The van der Waals surface area contributed by atoms with Crippen LogP contribution in [-0.2, 0) is 0 Å². The molecule has 0 N–H and O–H groups in total. The molecule has 32 heavy (non-hydrogen) atoms. The van der Waals surface area contributed by atoms with Gasteiger partial charge in [-0.15, -0.1) is 0 Å². The van der Waals surface area contributed by atoms with Crippen LogP contribution in [0.15, 0.2) is 48.6 Å².